The molecule has 2 aliphatic carbocycles. The molecule has 4 atom stereocenters. The van der Waals surface area contributed by atoms with Crippen LogP contribution < -0.4 is 9.64 Å². The molecule has 5 rings (SSSR count). The number of hydrogen-bond donors (Lipinski definition) is 0. The van der Waals surface area contributed by atoms with Crippen molar-refractivity contribution in [2.45, 2.75) is 19.3 Å². The van der Waals surface area contributed by atoms with Gasteiger partial charge in [0.15, 0.2) is 0 Å². The summed E-state index contributed by atoms with van der Waals surface area (Å²) >= 11 is 6.05. The number of rotatable bonds is 3. The molecule has 3 aliphatic rings. The zero-order valence-corrected chi connectivity index (χ0v) is 15.8. The van der Waals surface area contributed by atoms with Crippen molar-refractivity contribution >= 4 is 35.1 Å². The van der Waals surface area contributed by atoms with E-state index in [1.54, 1.807) is 48.5 Å². The number of halogens is 1. The second-order valence-electron chi connectivity index (χ2n) is 7.76. The molecule has 3 fully saturated rings. The Morgan fingerprint density at radius 3 is 2.32 bits per heavy atom. The zero-order chi connectivity index (χ0) is 19.4. The van der Waals surface area contributed by atoms with E-state index >= 15 is 0 Å². The highest BCUT2D eigenvalue weighted by atomic mass is 35.5. The lowest BCUT2D eigenvalue weighted by Gasteiger charge is -2.19. The smallest absolute Gasteiger partial charge is 0.345 e. The molecule has 28 heavy (non-hydrogen) atoms. The number of fused-ring (bicyclic) bond motifs is 5. The van der Waals surface area contributed by atoms with Crippen molar-refractivity contribution in [2.75, 3.05) is 4.90 Å². The third kappa shape index (κ3) is 2.57. The molecule has 1 aliphatic heterocycles. The van der Waals surface area contributed by atoms with Gasteiger partial charge in [0.2, 0.25) is 11.8 Å². The van der Waals surface area contributed by atoms with Gasteiger partial charge in [-0.3, -0.25) is 9.59 Å². The van der Waals surface area contributed by atoms with E-state index in [0.29, 0.717) is 22.5 Å². The highest BCUT2D eigenvalue weighted by molar-refractivity contribution is 6.33. The molecule has 5 nitrogen and oxygen atoms in total. The topological polar surface area (TPSA) is 63.7 Å². The minimum atomic E-state index is -0.586. The quantitative estimate of drug-likeness (QED) is 0.446. The maximum atomic E-state index is 13.0. The summed E-state index contributed by atoms with van der Waals surface area (Å²) in [5.41, 5.74) is 0.710. The van der Waals surface area contributed by atoms with Gasteiger partial charge in [-0.1, -0.05) is 29.8 Å². The monoisotopic (exact) mass is 395 g/mol. The Hall–Kier alpha value is -2.66. The summed E-state index contributed by atoms with van der Waals surface area (Å²) in [6, 6.07) is 13.2. The van der Waals surface area contributed by atoms with E-state index in [1.807, 2.05) is 0 Å². The fourth-order valence-electron chi connectivity index (χ4n) is 5.14. The number of benzene rings is 2. The molecule has 0 aromatic heterocycles. The van der Waals surface area contributed by atoms with Crippen LogP contribution in [0.15, 0.2) is 48.5 Å². The van der Waals surface area contributed by atoms with Gasteiger partial charge in [-0.15, -0.1) is 0 Å². The zero-order valence-electron chi connectivity index (χ0n) is 15.0. The Kier molecular flexibility index (Phi) is 4.02. The average molecular weight is 396 g/mol. The molecule has 0 radical (unpaired) electrons. The number of carbonyl (C=O) groups excluding carboxylic acids is 3. The highest BCUT2D eigenvalue weighted by Gasteiger charge is 2.61. The Labute approximate surface area is 167 Å². The Morgan fingerprint density at radius 1 is 0.964 bits per heavy atom. The van der Waals surface area contributed by atoms with Gasteiger partial charge in [0.25, 0.3) is 0 Å². The van der Waals surface area contributed by atoms with Crippen molar-refractivity contribution in [1.29, 1.82) is 0 Å². The summed E-state index contributed by atoms with van der Waals surface area (Å²) in [6.45, 7) is 0. The molecule has 1 saturated heterocycles. The fraction of sp³-hybridized carbons (Fsp3) is 0.318. The van der Waals surface area contributed by atoms with Crippen molar-refractivity contribution in [3.63, 3.8) is 0 Å². The predicted octanol–water partition coefficient (Wildman–Crippen LogP) is 4.09. The minimum Gasteiger partial charge on any atom is -0.423 e. The molecular weight excluding hydrogens is 378 g/mol. The number of amides is 2. The van der Waals surface area contributed by atoms with Crippen LogP contribution in [0.2, 0.25) is 5.02 Å². The van der Waals surface area contributed by atoms with E-state index in [-0.39, 0.29) is 35.0 Å². The lowest BCUT2D eigenvalue weighted by Crippen LogP contribution is -2.32. The van der Waals surface area contributed by atoms with Crippen LogP contribution in [-0.4, -0.2) is 17.8 Å². The van der Waals surface area contributed by atoms with E-state index in [0.717, 1.165) is 19.3 Å². The van der Waals surface area contributed by atoms with Gasteiger partial charge in [-0.2, -0.15) is 0 Å². The number of anilines is 1. The Bertz CT molecular complexity index is 976. The highest BCUT2D eigenvalue weighted by Crippen LogP contribution is 2.56. The standard InChI is InChI=1S/C22H18ClNO4/c23-17-7-2-1-6-16(17)22(27)28-15-5-3-4-14(11-15)24-20(25)18-12-8-9-13(10-12)19(18)21(24)26/h1-7,11-13,18-19H,8-10H2/t12-,13-,18-,19+/m0/s1. The van der Waals surface area contributed by atoms with Crippen LogP contribution >= 0.6 is 11.6 Å². The molecule has 2 amide bonds. The third-order valence-corrected chi connectivity index (χ3v) is 6.64. The van der Waals surface area contributed by atoms with Crippen LogP contribution in [0, 0.1) is 23.7 Å². The normalized spacial score (nSPS) is 28.0. The van der Waals surface area contributed by atoms with Crippen LogP contribution in [0.5, 0.6) is 5.75 Å². The van der Waals surface area contributed by atoms with Gasteiger partial charge in [0.05, 0.1) is 28.1 Å². The molecular formula is C22H18ClNO4. The lowest BCUT2D eigenvalue weighted by molar-refractivity contribution is -0.123. The first kappa shape index (κ1) is 17.4. The molecule has 0 unspecified atom stereocenters. The minimum absolute atomic E-state index is 0.114. The van der Waals surface area contributed by atoms with Gasteiger partial charge in [0.1, 0.15) is 5.75 Å². The van der Waals surface area contributed by atoms with Crippen molar-refractivity contribution in [2.24, 2.45) is 23.7 Å². The average Bonchev–Trinajstić information content (AvgIpc) is 3.36. The van der Waals surface area contributed by atoms with Gasteiger partial charge < -0.3 is 4.74 Å². The molecule has 6 heteroatoms. The summed E-state index contributed by atoms with van der Waals surface area (Å²) in [5.74, 6) is -0.245. The van der Waals surface area contributed by atoms with Crippen LogP contribution in [-0.2, 0) is 9.59 Å². The second kappa shape index (κ2) is 6.45. The van der Waals surface area contributed by atoms with E-state index < -0.39 is 5.97 Å². The van der Waals surface area contributed by atoms with E-state index in [9.17, 15) is 14.4 Å². The number of hydrogen-bond acceptors (Lipinski definition) is 4. The number of ether oxygens (including phenoxy) is 1. The number of esters is 1. The first-order chi connectivity index (χ1) is 13.5. The van der Waals surface area contributed by atoms with Gasteiger partial charge in [-0.05, 0) is 55.4 Å². The summed E-state index contributed by atoms with van der Waals surface area (Å²) in [4.78, 5) is 39.6. The Morgan fingerprint density at radius 2 is 1.64 bits per heavy atom. The van der Waals surface area contributed by atoms with E-state index in [1.165, 1.54) is 4.90 Å². The van der Waals surface area contributed by atoms with Gasteiger partial charge >= 0.3 is 5.97 Å². The summed E-state index contributed by atoms with van der Waals surface area (Å²) in [6.07, 6.45) is 3.07. The fourth-order valence-corrected chi connectivity index (χ4v) is 5.35. The molecule has 2 aromatic rings. The molecule has 2 bridgehead atoms. The van der Waals surface area contributed by atoms with Gasteiger partial charge in [-0.25, -0.2) is 9.69 Å². The van der Waals surface area contributed by atoms with E-state index in [2.05, 4.69) is 0 Å². The summed E-state index contributed by atoms with van der Waals surface area (Å²) in [7, 11) is 0. The molecule has 1 heterocycles. The van der Waals surface area contributed by atoms with Crippen molar-refractivity contribution < 1.29 is 19.1 Å². The SMILES string of the molecule is O=C(Oc1cccc(N2C(=O)[C@@H]3[C@H]4CC[C@@H](C4)[C@@H]3C2=O)c1)c1ccccc1Cl. The second-order valence-corrected chi connectivity index (χ2v) is 8.17. The van der Waals surface area contributed by atoms with Crippen LogP contribution in [0.25, 0.3) is 0 Å². The van der Waals surface area contributed by atoms with Gasteiger partial charge in [0, 0.05) is 6.07 Å². The predicted molar refractivity (Wildman–Crippen MR) is 103 cm³/mol. The van der Waals surface area contributed by atoms with Crippen LogP contribution in [0.4, 0.5) is 5.69 Å². The summed E-state index contributed by atoms with van der Waals surface area (Å²) in [5, 5.41) is 0.303. The van der Waals surface area contributed by atoms with Crippen LogP contribution in [0.1, 0.15) is 29.6 Å². The first-order valence-electron chi connectivity index (χ1n) is 9.49. The maximum Gasteiger partial charge on any atom is 0.345 e. The van der Waals surface area contributed by atoms with Crippen molar-refractivity contribution in [3.05, 3.63) is 59.1 Å². The number of imide groups is 1. The Balaban J connectivity index is 1.41. The lowest BCUT2D eigenvalue weighted by atomic mass is 9.81. The molecule has 0 N–H and O–H groups in total. The summed E-state index contributed by atoms with van der Waals surface area (Å²) < 4.78 is 5.43. The molecule has 0 spiro atoms. The molecule has 2 saturated carbocycles. The largest absolute Gasteiger partial charge is 0.423 e. The van der Waals surface area contributed by atoms with Crippen molar-refractivity contribution in [1.82, 2.24) is 0 Å². The van der Waals surface area contributed by atoms with Crippen LogP contribution in [0.3, 0.4) is 0 Å². The third-order valence-electron chi connectivity index (χ3n) is 6.31. The molecule has 2 aromatic carbocycles. The maximum absolute atomic E-state index is 13.0. The first-order valence-corrected chi connectivity index (χ1v) is 9.87. The molecule has 142 valence electrons. The van der Waals surface area contributed by atoms with E-state index in [4.69, 9.17) is 16.3 Å². The van der Waals surface area contributed by atoms with Crippen molar-refractivity contribution in [3.8, 4) is 5.75 Å². The number of carbonyl (C=O) groups is 3. The number of nitrogens with zero attached hydrogens (tertiary/aromatic N) is 1.